The molecular formula is C16H13ClFNO3. The van der Waals surface area contributed by atoms with Crippen molar-refractivity contribution in [3.63, 3.8) is 0 Å². The standard InChI is InChI=1S/C16H13ClFNO3/c1-21-16(20)12-7-5-11(6-8-12)9-19-22-10-13-14(17)3-2-4-15(13)18/h2-9H,10H2,1H3/b19-9+. The van der Waals surface area contributed by atoms with Gasteiger partial charge in [0.25, 0.3) is 0 Å². The minimum Gasteiger partial charge on any atom is -0.465 e. The van der Waals surface area contributed by atoms with E-state index in [4.69, 9.17) is 16.4 Å². The average Bonchev–Trinajstić information content (AvgIpc) is 2.53. The van der Waals surface area contributed by atoms with E-state index in [0.717, 1.165) is 5.56 Å². The van der Waals surface area contributed by atoms with Gasteiger partial charge < -0.3 is 9.57 Å². The molecule has 0 heterocycles. The van der Waals surface area contributed by atoms with Crippen LogP contribution in [0, 0.1) is 5.82 Å². The van der Waals surface area contributed by atoms with Crippen LogP contribution in [0.4, 0.5) is 4.39 Å². The van der Waals surface area contributed by atoms with Gasteiger partial charge in [0.05, 0.1) is 23.9 Å². The number of carbonyl (C=O) groups excluding carboxylic acids is 1. The zero-order valence-electron chi connectivity index (χ0n) is 11.8. The van der Waals surface area contributed by atoms with E-state index in [9.17, 15) is 9.18 Å². The topological polar surface area (TPSA) is 47.9 Å². The molecule has 2 aromatic carbocycles. The molecule has 6 heteroatoms. The molecule has 4 nitrogen and oxygen atoms in total. The van der Waals surface area contributed by atoms with Crippen LogP contribution in [0.2, 0.25) is 5.02 Å². The number of esters is 1. The fourth-order valence-corrected chi connectivity index (χ4v) is 1.91. The van der Waals surface area contributed by atoms with Crippen LogP contribution in [-0.2, 0) is 16.2 Å². The predicted molar refractivity (Wildman–Crippen MR) is 81.6 cm³/mol. The Labute approximate surface area is 132 Å². The molecule has 0 aliphatic carbocycles. The highest BCUT2D eigenvalue weighted by Crippen LogP contribution is 2.19. The Morgan fingerprint density at radius 1 is 1.27 bits per heavy atom. The predicted octanol–water partition coefficient (Wildman–Crippen LogP) is 3.82. The molecule has 0 radical (unpaired) electrons. The first-order valence-electron chi connectivity index (χ1n) is 6.38. The van der Waals surface area contributed by atoms with Crippen molar-refractivity contribution in [3.8, 4) is 0 Å². The molecule has 0 atom stereocenters. The Bertz CT molecular complexity index is 666. The smallest absolute Gasteiger partial charge is 0.337 e. The van der Waals surface area contributed by atoms with Crippen molar-refractivity contribution in [1.29, 1.82) is 0 Å². The van der Waals surface area contributed by atoms with Gasteiger partial charge in [0, 0.05) is 5.56 Å². The fraction of sp³-hybridized carbons (Fsp3) is 0.125. The molecule has 0 bridgehead atoms. The number of benzene rings is 2. The molecule has 0 aromatic heterocycles. The number of hydrogen-bond acceptors (Lipinski definition) is 4. The molecule has 0 saturated heterocycles. The summed E-state index contributed by atoms with van der Waals surface area (Å²) in [4.78, 5) is 16.3. The van der Waals surface area contributed by atoms with E-state index in [0.29, 0.717) is 5.56 Å². The molecule has 2 rings (SSSR count). The van der Waals surface area contributed by atoms with Crippen LogP contribution < -0.4 is 0 Å². The van der Waals surface area contributed by atoms with Gasteiger partial charge in [0.2, 0.25) is 0 Å². The van der Waals surface area contributed by atoms with E-state index in [1.807, 2.05) is 0 Å². The summed E-state index contributed by atoms with van der Waals surface area (Å²) >= 11 is 5.87. The monoisotopic (exact) mass is 321 g/mol. The van der Waals surface area contributed by atoms with E-state index < -0.39 is 11.8 Å². The summed E-state index contributed by atoms with van der Waals surface area (Å²) in [6.07, 6.45) is 1.45. The summed E-state index contributed by atoms with van der Waals surface area (Å²) in [5.74, 6) is -0.848. The van der Waals surface area contributed by atoms with Crippen molar-refractivity contribution in [1.82, 2.24) is 0 Å². The quantitative estimate of drug-likeness (QED) is 0.478. The third-order valence-corrected chi connectivity index (χ3v) is 3.23. The Kier molecular flexibility index (Phi) is 5.49. The maximum absolute atomic E-state index is 13.5. The third-order valence-electron chi connectivity index (χ3n) is 2.88. The molecule has 22 heavy (non-hydrogen) atoms. The average molecular weight is 322 g/mol. The highest BCUT2D eigenvalue weighted by Gasteiger charge is 2.07. The molecule has 0 aliphatic rings. The summed E-state index contributed by atoms with van der Waals surface area (Å²) in [5, 5.41) is 4.04. The minimum absolute atomic E-state index is 0.0672. The first kappa shape index (κ1) is 16.0. The van der Waals surface area contributed by atoms with Crippen LogP contribution in [0.5, 0.6) is 0 Å². The van der Waals surface area contributed by atoms with Gasteiger partial charge in [0.1, 0.15) is 12.4 Å². The lowest BCUT2D eigenvalue weighted by molar-refractivity contribution is 0.0600. The van der Waals surface area contributed by atoms with Crippen LogP contribution in [0.1, 0.15) is 21.5 Å². The molecular weight excluding hydrogens is 309 g/mol. The second kappa shape index (κ2) is 7.56. The summed E-state index contributed by atoms with van der Waals surface area (Å²) in [5.41, 5.74) is 1.42. The number of carbonyl (C=O) groups is 1. The molecule has 2 aromatic rings. The van der Waals surface area contributed by atoms with Crippen LogP contribution in [0.3, 0.4) is 0 Å². The number of oxime groups is 1. The molecule has 0 aliphatic heterocycles. The van der Waals surface area contributed by atoms with Crippen molar-refractivity contribution >= 4 is 23.8 Å². The van der Waals surface area contributed by atoms with Crippen LogP contribution >= 0.6 is 11.6 Å². The van der Waals surface area contributed by atoms with E-state index in [1.54, 1.807) is 30.3 Å². The first-order chi connectivity index (χ1) is 10.6. The second-order valence-corrected chi connectivity index (χ2v) is 4.73. The largest absolute Gasteiger partial charge is 0.465 e. The number of hydrogen-bond donors (Lipinski definition) is 0. The van der Waals surface area contributed by atoms with Crippen molar-refractivity contribution < 1.29 is 18.8 Å². The zero-order valence-corrected chi connectivity index (χ0v) is 12.5. The normalized spacial score (nSPS) is 10.7. The molecule has 0 unspecified atom stereocenters. The minimum atomic E-state index is -0.440. The maximum Gasteiger partial charge on any atom is 0.337 e. The summed E-state index contributed by atoms with van der Waals surface area (Å²) in [6.45, 7) is -0.0672. The lowest BCUT2D eigenvalue weighted by Crippen LogP contribution is -2.00. The summed E-state index contributed by atoms with van der Waals surface area (Å²) < 4.78 is 18.1. The third kappa shape index (κ3) is 4.05. The Hall–Kier alpha value is -2.40. The number of rotatable bonds is 5. The van der Waals surface area contributed by atoms with Crippen molar-refractivity contribution in [2.24, 2.45) is 5.16 Å². The number of methoxy groups -OCH3 is 1. The first-order valence-corrected chi connectivity index (χ1v) is 6.76. The lowest BCUT2D eigenvalue weighted by Gasteiger charge is -2.04. The SMILES string of the molecule is COC(=O)c1ccc(/C=N/OCc2c(F)cccc2Cl)cc1. The molecule has 0 fully saturated rings. The van der Waals surface area contributed by atoms with Gasteiger partial charge in [-0.1, -0.05) is 35.0 Å². The van der Waals surface area contributed by atoms with Crippen LogP contribution in [0.15, 0.2) is 47.6 Å². The van der Waals surface area contributed by atoms with Gasteiger partial charge in [-0.25, -0.2) is 9.18 Å². The molecule has 0 saturated carbocycles. The maximum atomic E-state index is 13.5. The van der Waals surface area contributed by atoms with Crippen LogP contribution in [-0.4, -0.2) is 19.3 Å². The van der Waals surface area contributed by atoms with E-state index in [-0.39, 0.29) is 17.2 Å². The molecule has 0 amide bonds. The molecule has 0 N–H and O–H groups in total. The van der Waals surface area contributed by atoms with E-state index in [2.05, 4.69) is 9.89 Å². The number of nitrogens with zero attached hydrogens (tertiary/aromatic N) is 1. The van der Waals surface area contributed by atoms with Crippen molar-refractivity contribution in [3.05, 3.63) is 70.0 Å². The van der Waals surface area contributed by atoms with Crippen molar-refractivity contribution in [2.75, 3.05) is 7.11 Å². The highest BCUT2D eigenvalue weighted by molar-refractivity contribution is 6.31. The number of halogens is 2. The number of ether oxygens (including phenoxy) is 1. The Morgan fingerprint density at radius 3 is 2.64 bits per heavy atom. The Morgan fingerprint density at radius 2 is 2.00 bits per heavy atom. The summed E-state index contributed by atoms with van der Waals surface area (Å²) in [6, 6.07) is 11.0. The zero-order chi connectivity index (χ0) is 15.9. The van der Waals surface area contributed by atoms with E-state index >= 15 is 0 Å². The van der Waals surface area contributed by atoms with Gasteiger partial charge in [-0.3, -0.25) is 0 Å². The van der Waals surface area contributed by atoms with Gasteiger partial charge in [-0.15, -0.1) is 0 Å². The van der Waals surface area contributed by atoms with Crippen molar-refractivity contribution in [2.45, 2.75) is 6.61 Å². The summed E-state index contributed by atoms with van der Waals surface area (Å²) in [7, 11) is 1.32. The van der Waals surface area contributed by atoms with Gasteiger partial charge >= 0.3 is 5.97 Å². The van der Waals surface area contributed by atoms with E-state index in [1.165, 1.54) is 25.5 Å². The lowest BCUT2D eigenvalue weighted by atomic mass is 10.1. The molecule has 0 spiro atoms. The highest BCUT2D eigenvalue weighted by atomic mass is 35.5. The molecule has 114 valence electrons. The van der Waals surface area contributed by atoms with Gasteiger partial charge in [-0.2, -0.15) is 0 Å². The Balaban J connectivity index is 1.94. The fourth-order valence-electron chi connectivity index (χ4n) is 1.69. The second-order valence-electron chi connectivity index (χ2n) is 4.32. The van der Waals surface area contributed by atoms with Gasteiger partial charge in [0.15, 0.2) is 0 Å². The van der Waals surface area contributed by atoms with Crippen LogP contribution in [0.25, 0.3) is 0 Å². The van der Waals surface area contributed by atoms with Gasteiger partial charge in [-0.05, 0) is 29.8 Å².